The van der Waals surface area contributed by atoms with E-state index in [1.165, 1.54) is 44.9 Å². The second-order valence-electron chi connectivity index (χ2n) is 6.30. The molecule has 1 aromatic rings. The van der Waals surface area contributed by atoms with Crippen molar-refractivity contribution in [3.63, 3.8) is 0 Å². The topological polar surface area (TPSA) is 51.0 Å². The van der Waals surface area contributed by atoms with Crippen molar-refractivity contribution in [2.75, 3.05) is 0 Å². The van der Waals surface area contributed by atoms with Crippen molar-refractivity contribution >= 4 is 0 Å². The van der Waals surface area contributed by atoms with Crippen molar-refractivity contribution < 1.29 is 4.52 Å². The van der Waals surface area contributed by atoms with E-state index in [9.17, 15) is 0 Å². The standard InChI is InChI=1S/C14H21N3O/c1-2-4-11-10(3-1)8-12(15-11)14-16-13(17-18-14)7-9-5-6-9/h9-12,15H,1-8H2. The van der Waals surface area contributed by atoms with Gasteiger partial charge in [-0.2, -0.15) is 4.98 Å². The van der Waals surface area contributed by atoms with Gasteiger partial charge in [0.1, 0.15) is 0 Å². The molecule has 1 N–H and O–H groups in total. The van der Waals surface area contributed by atoms with Gasteiger partial charge in [0.15, 0.2) is 5.82 Å². The average Bonchev–Trinajstić information content (AvgIpc) is 2.92. The highest BCUT2D eigenvalue weighted by Crippen LogP contribution is 2.39. The Hall–Kier alpha value is -0.900. The zero-order chi connectivity index (χ0) is 11.9. The van der Waals surface area contributed by atoms with Gasteiger partial charge in [-0.25, -0.2) is 0 Å². The zero-order valence-corrected chi connectivity index (χ0v) is 10.8. The molecule has 18 heavy (non-hydrogen) atoms. The smallest absolute Gasteiger partial charge is 0.243 e. The van der Waals surface area contributed by atoms with Crippen LogP contribution in [-0.2, 0) is 6.42 Å². The lowest BCUT2D eigenvalue weighted by atomic mass is 9.85. The van der Waals surface area contributed by atoms with Crippen molar-refractivity contribution in [1.82, 2.24) is 15.5 Å². The van der Waals surface area contributed by atoms with Crippen LogP contribution in [0.25, 0.3) is 0 Å². The molecular weight excluding hydrogens is 226 g/mol. The lowest BCUT2D eigenvalue weighted by molar-refractivity contribution is 0.324. The second kappa shape index (κ2) is 4.34. The molecule has 3 fully saturated rings. The van der Waals surface area contributed by atoms with Crippen LogP contribution in [0.2, 0.25) is 0 Å². The quantitative estimate of drug-likeness (QED) is 0.892. The number of hydrogen-bond donors (Lipinski definition) is 1. The van der Waals surface area contributed by atoms with E-state index in [0.717, 1.165) is 30.0 Å². The number of aromatic nitrogens is 2. The molecule has 4 rings (SSSR count). The van der Waals surface area contributed by atoms with Gasteiger partial charge >= 0.3 is 0 Å². The average molecular weight is 247 g/mol. The van der Waals surface area contributed by atoms with Crippen LogP contribution in [0.1, 0.15) is 62.7 Å². The number of rotatable bonds is 3. The van der Waals surface area contributed by atoms with E-state index >= 15 is 0 Å². The summed E-state index contributed by atoms with van der Waals surface area (Å²) in [5.41, 5.74) is 0. The van der Waals surface area contributed by atoms with E-state index in [0.29, 0.717) is 12.1 Å². The van der Waals surface area contributed by atoms with E-state index in [1.54, 1.807) is 0 Å². The summed E-state index contributed by atoms with van der Waals surface area (Å²) in [6, 6.07) is 1.01. The fraction of sp³-hybridized carbons (Fsp3) is 0.857. The molecule has 0 amide bonds. The first kappa shape index (κ1) is 11.0. The third-order valence-corrected chi connectivity index (χ3v) is 4.81. The van der Waals surface area contributed by atoms with E-state index < -0.39 is 0 Å². The molecule has 3 unspecified atom stereocenters. The Balaban J connectivity index is 1.44. The lowest BCUT2D eigenvalue weighted by Gasteiger charge is -2.24. The largest absolute Gasteiger partial charge is 0.338 e. The van der Waals surface area contributed by atoms with Crippen LogP contribution in [0.5, 0.6) is 0 Å². The molecule has 3 atom stereocenters. The van der Waals surface area contributed by atoms with Gasteiger partial charge in [-0.3, -0.25) is 0 Å². The van der Waals surface area contributed by atoms with Crippen molar-refractivity contribution in [3.05, 3.63) is 11.7 Å². The summed E-state index contributed by atoms with van der Waals surface area (Å²) in [5, 5.41) is 7.83. The Labute approximate surface area is 108 Å². The van der Waals surface area contributed by atoms with Gasteiger partial charge in [0.25, 0.3) is 0 Å². The molecule has 1 aromatic heterocycles. The predicted molar refractivity (Wildman–Crippen MR) is 67.0 cm³/mol. The second-order valence-corrected chi connectivity index (χ2v) is 6.30. The summed E-state index contributed by atoms with van der Waals surface area (Å²) in [5.74, 6) is 3.42. The molecule has 4 heteroatoms. The van der Waals surface area contributed by atoms with Crippen molar-refractivity contribution in [1.29, 1.82) is 0 Å². The number of fused-ring (bicyclic) bond motifs is 1. The summed E-state index contributed by atoms with van der Waals surface area (Å²) in [6.07, 6.45) is 10.4. The fourth-order valence-corrected chi connectivity index (χ4v) is 3.58. The Morgan fingerprint density at radius 3 is 2.89 bits per heavy atom. The summed E-state index contributed by atoms with van der Waals surface area (Å²) >= 11 is 0. The highest BCUT2D eigenvalue weighted by atomic mass is 16.5. The minimum Gasteiger partial charge on any atom is -0.338 e. The first-order chi connectivity index (χ1) is 8.88. The van der Waals surface area contributed by atoms with Gasteiger partial charge in [0.2, 0.25) is 5.89 Å². The molecule has 2 heterocycles. The van der Waals surface area contributed by atoms with Gasteiger partial charge in [-0.15, -0.1) is 0 Å². The monoisotopic (exact) mass is 247 g/mol. The predicted octanol–water partition coefficient (Wildman–Crippen LogP) is 2.62. The Bertz CT molecular complexity index is 412. The molecule has 0 spiro atoms. The Kier molecular flexibility index (Phi) is 2.64. The first-order valence-electron chi connectivity index (χ1n) is 7.47. The molecular formula is C14H21N3O. The minimum atomic E-state index is 0.318. The molecule has 1 aliphatic heterocycles. The number of nitrogens with one attached hydrogen (secondary N) is 1. The Morgan fingerprint density at radius 1 is 1.17 bits per heavy atom. The molecule has 1 saturated heterocycles. The number of hydrogen-bond acceptors (Lipinski definition) is 4. The van der Waals surface area contributed by atoms with Gasteiger partial charge < -0.3 is 9.84 Å². The Morgan fingerprint density at radius 2 is 2.06 bits per heavy atom. The molecule has 98 valence electrons. The maximum Gasteiger partial charge on any atom is 0.243 e. The van der Waals surface area contributed by atoms with Crippen LogP contribution in [0.3, 0.4) is 0 Å². The molecule has 2 saturated carbocycles. The summed E-state index contributed by atoms with van der Waals surface area (Å²) in [6.45, 7) is 0. The summed E-state index contributed by atoms with van der Waals surface area (Å²) < 4.78 is 5.46. The van der Waals surface area contributed by atoms with E-state index in [1.807, 2.05) is 0 Å². The SMILES string of the molecule is C1CCC2NC(c3nc(CC4CC4)no3)CC2C1. The summed E-state index contributed by atoms with van der Waals surface area (Å²) in [7, 11) is 0. The van der Waals surface area contributed by atoms with Crippen LogP contribution in [0, 0.1) is 11.8 Å². The van der Waals surface area contributed by atoms with Crippen molar-refractivity contribution in [2.24, 2.45) is 11.8 Å². The molecule has 4 nitrogen and oxygen atoms in total. The molecule has 3 aliphatic rings. The van der Waals surface area contributed by atoms with Gasteiger partial charge in [0.05, 0.1) is 6.04 Å². The first-order valence-corrected chi connectivity index (χ1v) is 7.47. The van der Waals surface area contributed by atoms with Crippen LogP contribution >= 0.6 is 0 Å². The molecule has 0 bridgehead atoms. The van der Waals surface area contributed by atoms with Crippen molar-refractivity contribution in [2.45, 2.75) is 63.5 Å². The van der Waals surface area contributed by atoms with Gasteiger partial charge in [-0.05, 0) is 43.9 Å². The third-order valence-electron chi connectivity index (χ3n) is 4.81. The van der Waals surface area contributed by atoms with Crippen LogP contribution < -0.4 is 5.32 Å². The van der Waals surface area contributed by atoms with Gasteiger partial charge in [-0.1, -0.05) is 18.0 Å². The summed E-state index contributed by atoms with van der Waals surface area (Å²) in [4.78, 5) is 4.59. The highest BCUT2D eigenvalue weighted by Gasteiger charge is 2.38. The number of nitrogens with zero attached hydrogens (tertiary/aromatic N) is 2. The van der Waals surface area contributed by atoms with E-state index in [2.05, 4.69) is 15.5 Å². The zero-order valence-electron chi connectivity index (χ0n) is 10.8. The van der Waals surface area contributed by atoms with Crippen LogP contribution in [0.4, 0.5) is 0 Å². The normalized spacial score (nSPS) is 35.7. The van der Waals surface area contributed by atoms with Gasteiger partial charge in [0, 0.05) is 12.5 Å². The lowest BCUT2D eigenvalue weighted by Crippen LogP contribution is -2.30. The van der Waals surface area contributed by atoms with E-state index in [-0.39, 0.29) is 0 Å². The third kappa shape index (κ3) is 2.07. The minimum absolute atomic E-state index is 0.318. The van der Waals surface area contributed by atoms with Crippen molar-refractivity contribution in [3.8, 4) is 0 Å². The maximum absolute atomic E-state index is 5.46. The van der Waals surface area contributed by atoms with Crippen LogP contribution in [-0.4, -0.2) is 16.2 Å². The van der Waals surface area contributed by atoms with E-state index in [4.69, 9.17) is 4.52 Å². The highest BCUT2D eigenvalue weighted by molar-refractivity contribution is 5.02. The maximum atomic E-state index is 5.46. The molecule has 0 radical (unpaired) electrons. The fourth-order valence-electron chi connectivity index (χ4n) is 3.58. The molecule has 2 aliphatic carbocycles. The van der Waals surface area contributed by atoms with Crippen LogP contribution in [0.15, 0.2) is 4.52 Å². The molecule has 0 aromatic carbocycles.